The van der Waals surface area contributed by atoms with Gasteiger partial charge in [0.05, 0.1) is 11.1 Å². The van der Waals surface area contributed by atoms with Gasteiger partial charge < -0.3 is 10.3 Å². The number of imidazole rings is 1. The summed E-state index contributed by atoms with van der Waals surface area (Å²) in [6.45, 7) is 4.58. The first-order valence-corrected chi connectivity index (χ1v) is 7.80. The molecule has 1 aliphatic carbocycles. The lowest BCUT2D eigenvalue weighted by Gasteiger charge is -2.36. The minimum absolute atomic E-state index is 0.401. The summed E-state index contributed by atoms with van der Waals surface area (Å²) in [5, 5.41) is 9.25. The number of nitrogens with two attached hydrogens (primary N) is 1. The van der Waals surface area contributed by atoms with Crippen LogP contribution in [-0.4, -0.2) is 9.55 Å². The zero-order valence-electron chi connectivity index (χ0n) is 12.7. The van der Waals surface area contributed by atoms with E-state index in [0.29, 0.717) is 29.4 Å². The van der Waals surface area contributed by atoms with Crippen molar-refractivity contribution in [1.82, 2.24) is 9.55 Å². The zero-order chi connectivity index (χ0) is 15.0. The molecule has 1 aromatic heterocycles. The molecule has 0 spiro atoms. The quantitative estimate of drug-likeness (QED) is 0.909. The third-order valence-electron chi connectivity index (χ3n) is 4.84. The largest absolute Gasteiger partial charge is 0.369 e. The molecule has 3 rings (SSSR count). The van der Waals surface area contributed by atoms with Crippen molar-refractivity contribution in [3.63, 3.8) is 0 Å². The Kier molecular flexibility index (Phi) is 3.59. The van der Waals surface area contributed by atoms with Crippen LogP contribution in [0.15, 0.2) is 18.2 Å². The summed E-state index contributed by atoms with van der Waals surface area (Å²) in [4.78, 5) is 4.47. The molecule has 2 atom stereocenters. The summed E-state index contributed by atoms with van der Waals surface area (Å²) in [6.07, 6.45) is 4.94. The molecule has 21 heavy (non-hydrogen) atoms. The fourth-order valence-corrected chi connectivity index (χ4v) is 3.81. The smallest absolute Gasteiger partial charge is 0.201 e. The number of para-hydroxylation sites is 1. The molecule has 0 amide bonds. The normalized spacial score (nSPS) is 22.6. The lowest BCUT2D eigenvalue weighted by molar-refractivity contribution is 0.189. The van der Waals surface area contributed by atoms with Gasteiger partial charge in [0, 0.05) is 6.04 Å². The fourth-order valence-electron chi connectivity index (χ4n) is 3.81. The van der Waals surface area contributed by atoms with Crippen molar-refractivity contribution in [2.45, 2.75) is 45.6 Å². The molecule has 1 saturated carbocycles. The van der Waals surface area contributed by atoms with E-state index in [2.05, 4.69) is 29.5 Å². The predicted octanol–water partition coefficient (Wildman–Crippen LogP) is 3.88. The van der Waals surface area contributed by atoms with E-state index >= 15 is 0 Å². The Morgan fingerprint density at radius 2 is 2.10 bits per heavy atom. The van der Waals surface area contributed by atoms with E-state index in [-0.39, 0.29) is 0 Å². The van der Waals surface area contributed by atoms with Gasteiger partial charge in [-0.2, -0.15) is 5.26 Å². The molecule has 0 bridgehead atoms. The van der Waals surface area contributed by atoms with Crippen molar-refractivity contribution in [2.75, 3.05) is 5.73 Å². The first-order valence-electron chi connectivity index (χ1n) is 7.80. The van der Waals surface area contributed by atoms with Gasteiger partial charge in [0.1, 0.15) is 11.6 Å². The maximum Gasteiger partial charge on any atom is 0.201 e. The molecular weight excluding hydrogens is 260 g/mol. The summed E-state index contributed by atoms with van der Waals surface area (Å²) in [7, 11) is 0. The lowest BCUT2D eigenvalue weighted by Crippen LogP contribution is -2.27. The maximum atomic E-state index is 9.25. The van der Waals surface area contributed by atoms with Crippen LogP contribution in [0.5, 0.6) is 0 Å². The third-order valence-corrected chi connectivity index (χ3v) is 4.84. The van der Waals surface area contributed by atoms with Gasteiger partial charge in [0.2, 0.25) is 5.95 Å². The molecule has 1 fully saturated rings. The topological polar surface area (TPSA) is 67.6 Å². The number of hydrogen-bond donors (Lipinski definition) is 1. The van der Waals surface area contributed by atoms with Crippen LogP contribution in [0.3, 0.4) is 0 Å². The molecule has 2 N–H and O–H groups in total. The Labute approximate surface area is 125 Å². The van der Waals surface area contributed by atoms with Crippen LogP contribution in [0, 0.1) is 23.2 Å². The Balaban J connectivity index is 2.15. The molecule has 4 heteroatoms. The summed E-state index contributed by atoms with van der Waals surface area (Å²) < 4.78 is 2.18. The van der Waals surface area contributed by atoms with E-state index in [0.717, 1.165) is 17.5 Å². The van der Waals surface area contributed by atoms with Crippen molar-refractivity contribution in [2.24, 2.45) is 11.8 Å². The van der Waals surface area contributed by atoms with E-state index in [1.165, 1.54) is 19.3 Å². The molecule has 110 valence electrons. The van der Waals surface area contributed by atoms with E-state index < -0.39 is 0 Å². The Morgan fingerprint density at radius 1 is 1.33 bits per heavy atom. The van der Waals surface area contributed by atoms with Gasteiger partial charge in [-0.3, -0.25) is 0 Å². The molecule has 2 aromatic rings. The average molecular weight is 282 g/mol. The molecule has 0 radical (unpaired) electrons. The highest BCUT2D eigenvalue weighted by Gasteiger charge is 2.31. The van der Waals surface area contributed by atoms with Crippen molar-refractivity contribution in [1.29, 1.82) is 5.26 Å². The summed E-state index contributed by atoms with van der Waals surface area (Å²) in [5.41, 5.74) is 8.56. The van der Waals surface area contributed by atoms with Crippen LogP contribution in [0.1, 0.15) is 51.1 Å². The van der Waals surface area contributed by atoms with Crippen molar-refractivity contribution < 1.29 is 0 Å². The number of nitrogen functional groups attached to an aromatic ring is 1. The molecule has 0 aliphatic heterocycles. The molecule has 1 aromatic carbocycles. The monoisotopic (exact) mass is 282 g/mol. The second kappa shape index (κ2) is 5.40. The van der Waals surface area contributed by atoms with Crippen LogP contribution >= 0.6 is 0 Å². The summed E-state index contributed by atoms with van der Waals surface area (Å²) >= 11 is 0. The lowest BCUT2D eigenvalue weighted by atomic mass is 9.77. The van der Waals surface area contributed by atoms with Crippen LogP contribution in [0.25, 0.3) is 11.0 Å². The highest BCUT2D eigenvalue weighted by atomic mass is 15.2. The van der Waals surface area contributed by atoms with Crippen LogP contribution < -0.4 is 5.73 Å². The van der Waals surface area contributed by atoms with Gasteiger partial charge in [-0.05, 0) is 36.8 Å². The van der Waals surface area contributed by atoms with E-state index in [1.807, 2.05) is 12.1 Å². The van der Waals surface area contributed by atoms with Gasteiger partial charge >= 0.3 is 0 Å². The SMILES string of the molecule is CC(C)C1CCCCC1n1c(N)nc2c(C#N)cccc21. The number of nitriles is 1. The number of aromatic nitrogens is 2. The first-order chi connectivity index (χ1) is 10.1. The number of anilines is 1. The van der Waals surface area contributed by atoms with Crippen molar-refractivity contribution >= 4 is 17.0 Å². The summed E-state index contributed by atoms with van der Waals surface area (Å²) in [6, 6.07) is 8.38. The Morgan fingerprint density at radius 3 is 2.81 bits per heavy atom. The van der Waals surface area contributed by atoms with E-state index in [4.69, 9.17) is 5.73 Å². The minimum atomic E-state index is 0.401. The van der Waals surface area contributed by atoms with Crippen molar-refractivity contribution in [3.8, 4) is 6.07 Å². The van der Waals surface area contributed by atoms with Crippen molar-refractivity contribution in [3.05, 3.63) is 23.8 Å². The second-order valence-electron chi connectivity index (χ2n) is 6.38. The average Bonchev–Trinajstić information content (AvgIpc) is 2.82. The number of rotatable bonds is 2. The predicted molar refractivity (Wildman–Crippen MR) is 84.7 cm³/mol. The van der Waals surface area contributed by atoms with Crippen LogP contribution in [0.4, 0.5) is 5.95 Å². The third kappa shape index (κ3) is 2.27. The highest BCUT2D eigenvalue weighted by Crippen LogP contribution is 2.41. The Hall–Kier alpha value is -2.02. The zero-order valence-corrected chi connectivity index (χ0v) is 12.7. The van der Waals surface area contributed by atoms with Gasteiger partial charge in [-0.25, -0.2) is 4.98 Å². The standard InChI is InChI=1S/C17H22N4/c1-11(2)13-7-3-4-8-14(13)21-15-9-5-6-12(10-18)16(15)20-17(21)19/h5-6,9,11,13-14H,3-4,7-8H2,1-2H3,(H2,19,20). The number of fused-ring (bicyclic) bond motifs is 1. The van der Waals surface area contributed by atoms with Gasteiger partial charge in [0.25, 0.3) is 0 Å². The maximum absolute atomic E-state index is 9.25. The van der Waals surface area contributed by atoms with E-state index in [1.54, 1.807) is 6.07 Å². The molecule has 4 nitrogen and oxygen atoms in total. The summed E-state index contributed by atoms with van der Waals surface area (Å²) in [5.74, 6) is 1.81. The van der Waals surface area contributed by atoms with Gasteiger partial charge in [0.15, 0.2) is 0 Å². The number of hydrogen-bond acceptors (Lipinski definition) is 3. The number of nitrogens with zero attached hydrogens (tertiary/aromatic N) is 3. The van der Waals surface area contributed by atoms with Crippen LogP contribution in [0.2, 0.25) is 0 Å². The first kappa shape index (κ1) is 13.9. The molecule has 0 saturated heterocycles. The number of benzene rings is 1. The van der Waals surface area contributed by atoms with Gasteiger partial charge in [-0.1, -0.05) is 32.8 Å². The van der Waals surface area contributed by atoms with E-state index in [9.17, 15) is 5.26 Å². The fraction of sp³-hybridized carbons (Fsp3) is 0.529. The molecular formula is C17H22N4. The highest BCUT2D eigenvalue weighted by molar-refractivity contribution is 5.84. The second-order valence-corrected chi connectivity index (χ2v) is 6.38. The molecule has 2 unspecified atom stereocenters. The van der Waals surface area contributed by atoms with Crippen LogP contribution in [-0.2, 0) is 0 Å². The minimum Gasteiger partial charge on any atom is -0.369 e. The molecule has 1 heterocycles. The Bertz CT molecular complexity index is 693. The molecule has 1 aliphatic rings. The van der Waals surface area contributed by atoms with Gasteiger partial charge in [-0.15, -0.1) is 0 Å².